The van der Waals surface area contributed by atoms with E-state index in [0.717, 1.165) is 22.4 Å². The van der Waals surface area contributed by atoms with Crippen LogP contribution in [0.1, 0.15) is 31.2 Å². The highest BCUT2D eigenvalue weighted by atomic mass is 35.5. The average Bonchev–Trinajstić information content (AvgIpc) is 2.51. The summed E-state index contributed by atoms with van der Waals surface area (Å²) >= 11 is 7.29. The maximum absolute atomic E-state index is 5.75. The highest BCUT2D eigenvalue weighted by Crippen LogP contribution is 2.17. The molecule has 1 rings (SSSR count). The Morgan fingerprint density at radius 1 is 1.54 bits per heavy atom. The molecule has 1 aromatic heterocycles. The first-order valence-electron chi connectivity index (χ1n) is 4.64. The minimum absolute atomic E-state index is 0.769. The molecule has 0 radical (unpaired) electrons. The van der Waals surface area contributed by atoms with Gasteiger partial charge in [0.1, 0.15) is 9.34 Å². The molecule has 0 fully saturated rings. The summed E-state index contributed by atoms with van der Waals surface area (Å²) in [5, 5.41) is 4.41. The van der Waals surface area contributed by atoms with E-state index in [0.29, 0.717) is 0 Å². The van der Waals surface area contributed by atoms with Gasteiger partial charge in [0.05, 0.1) is 6.20 Å². The van der Waals surface area contributed by atoms with Gasteiger partial charge in [0.2, 0.25) is 0 Å². The van der Waals surface area contributed by atoms with Gasteiger partial charge in [-0.1, -0.05) is 31.4 Å². The molecule has 0 aliphatic rings. The minimum atomic E-state index is 0.769. The summed E-state index contributed by atoms with van der Waals surface area (Å²) in [4.78, 5) is 4.16. The molecule has 4 heteroatoms. The van der Waals surface area contributed by atoms with E-state index in [4.69, 9.17) is 11.6 Å². The molecular weight excluding hydrogens is 204 g/mol. The fourth-order valence-corrected chi connectivity index (χ4v) is 1.99. The standard InChI is InChI=1S/C9H15ClN2S/c1-2-3-4-5-11-7-9-12-6-8(10)13-9/h6,11H,2-5,7H2,1H3. The van der Waals surface area contributed by atoms with Crippen molar-refractivity contribution in [3.05, 3.63) is 15.5 Å². The Balaban J connectivity index is 2.06. The van der Waals surface area contributed by atoms with Crippen molar-refractivity contribution in [3.63, 3.8) is 0 Å². The Kier molecular flexibility index (Phi) is 5.35. The summed E-state index contributed by atoms with van der Waals surface area (Å²) < 4.78 is 0.769. The van der Waals surface area contributed by atoms with Crippen LogP contribution in [0.4, 0.5) is 0 Å². The fourth-order valence-electron chi connectivity index (χ4n) is 1.07. The quantitative estimate of drug-likeness (QED) is 0.743. The van der Waals surface area contributed by atoms with Gasteiger partial charge in [0.15, 0.2) is 0 Å². The van der Waals surface area contributed by atoms with E-state index in [2.05, 4.69) is 17.2 Å². The lowest BCUT2D eigenvalue weighted by Gasteiger charge is -2.00. The van der Waals surface area contributed by atoms with Crippen LogP contribution in [0.15, 0.2) is 6.20 Å². The third-order valence-electron chi connectivity index (χ3n) is 1.76. The zero-order chi connectivity index (χ0) is 9.52. The van der Waals surface area contributed by atoms with Crippen molar-refractivity contribution in [3.8, 4) is 0 Å². The number of hydrogen-bond acceptors (Lipinski definition) is 3. The molecule has 13 heavy (non-hydrogen) atoms. The van der Waals surface area contributed by atoms with Gasteiger partial charge in [-0.2, -0.15) is 0 Å². The molecule has 0 aliphatic heterocycles. The van der Waals surface area contributed by atoms with E-state index in [1.54, 1.807) is 17.5 Å². The number of unbranched alkanes of at least 4 members (excludes halogenated alkanes) is 2. The second-order valence-corrected chi connectivity index (χ2v) is 4.69. The van der Waals surface area contributed by atoms with E-state index in [9.17, 15) is 0 Å². The van der Waals surface area contributed by atoms with E-state index >= 15 is 0 Å². The van der Waals surface area contributed by atoms with Crippen molar-refractivity contribution < 1.29 is 0 Å². The topological polar surface area (TPSA) is 24.9 Å². The average molecular weight is 219 g/mol. The monoisotopic (exact) mass is 218 g/mol. The Hall–Kier alpha value is -0.120. The highest BCUT2D eigenvalue weighted by Gasteiger charge is 1.97. The van der Waals surface area contributed by atoms with Gasteiger partial charge < -0.3 is 5.32 Å². The largest absolute Gasteiger partial charge is 0.310 e. The first-order valence-corrected chi connectivity index (χ1v) is 5.83. The summed E-state index contributed by atoms with van der Waals surface area (Å²) in [5.41, 5.74) is 0. The number of rotatable bonds is 6. The van der Waals surface area contributed by atoms with Crippen molar-refractivity contribution in [2.75, 3.05) is 6.54 Å². The SMILES string of the molecule is CCCCCNCc1ncc(Cl)s1. The van der Waals surface area contributed by atoms with Gasteiger partial charge >= 0.3 is 0 Å². The summed E-state index contributed by atoms with van der Waals surface area (Å²) in [5.74, 6) is 0. The van der Waals surface area contributed by atoms with Gasteiger partial charge in [-0.05, 0) is 13.0 Å². The molecular formula is C9H15ClN2S. The van der Waals surface area contributed by atoms with Crippen molar-refractivity contribution >= 4 is 22.9 Å². The van der Waals surface area contributed by atoms with E-state index in [1.165, 1.54) is 19.3 Å². The molecule has 0 aliphatic carbocycles. The predicted octanol–water partition coefficient (Wildman–Crippen LogP) is 3.08. The molecule has 1 N–H and O–H groups in total. The van der Waals surface area contributed by atoms with E-state index in [-0.39, 0.29) is 0 Å². The van der Waals surface area contributed by atoms with Gasteiger partial charge in [0.25, 0.3) is 0 Å². The second-order valence-electron chi connectivity index (χ2n) is 2.94. The van der Waals surface area contributed by atoms with Gasteiger partial charge in [-0.15, -0.1) is 11.3 Å². The fraction of sp³-hybridized carbons (Fsp3) is 0.667. The number of hydrogen-bond donors (Lipinski definition) is 1. The van der Waals surface area contributed by atoms with Crippen LogP contribution in [0.2, 0.25) is 4.34 Å². The molecule has 0 saturated heterocycles. The molecule has 1 aromatic rings. The molecule has 0 atom stereocenters. The van der Waals surface area contributed by atoms with Crippen molar-refractivity contribution in [1.29, 1.82) is 0 Å². The lowest BCUT2D eigenvalue weighted by molar-refractivity contribution is 0.615. The highest BCUT2D eigenvalue weighted by molar-refractivity contribution is 7.15. The first kappa shape index (κ1) is 11.0. The third-order valence-corrected chi connectivity index (χ3v) is 2.87. The van der Waals surface area contributed by atoms with Crippen LogP contribution in [0, 0.1) is 0 Å². The van der Waals surface area contributed by atoms with Crippen LogP contribution >= 0.6 is 22.9 Å². The first-order chi connectivity index (χ1) is 6.33. The molecule has 0 amide bonds. The van der Waals surface area contributed by atoms with Crippen LogP contribution in [0.5, 0.6) is 0 Å². The zero-order valence-corrected chi connectivity index (χ0v) is 9.42. The predicted molar refractivity (Wildman–Crippen MR) is 58.4 cm³/mol. The Labute approximate surface area is 88.3 Å². The number of aromatic nitrogens is 1. The van der Waals surface area contributed by atoms with Crippen molar-refractivity contribution in [2.45, 2.75) is 32.7 Å². The normalized spacial score (nSPS) is 10.6. The molecule has 0 unspecified atom stereocenters. The van der Waals surface area contributed by atoms with Gasteiger partial charge in [-0.3, -0.25) is 0 Å². The Morgan fingerprint density at radius 2 is 2.38 bits per heavy atom. The lowest BCUT2D eigenvalue weighted by Crippen LogP contribution is -2.14. The molecule has 0 spiro atoms. The van der Waals surface area contributed by atoms with Crippen molar-refractivity contribution in [2.24, 2.45) is 0 Å². The minimum Gasteiger partial charge on any atom is -0.310 e. The lowest BCUT2D eigenvalue weighted by atomic mass is 10.2. The number of nitrogens with zero attached hydrogens (tertiary/aromatic N) is 1. The summed E-state index contributed by atoms with van der Waals surface area (Å²) in [6, 6.07) is 0. The van der Waals surface area contributed by atoms with E-state index in [1.807, 2.05) is 0 Å². The summed E-state index contributed by atoms with van der Waals surface area (Å²) in [7, 11) is 0. The number of nitrogens with one attached hydrogen (secondary N) is 1. The van der Waals surface area contributed by atoms with Crippen molar-refractivity contribution in [1.82, 2.24) is 10.3 Å². The molecule has 1 heterocycles. The third kappa shape index (κ3) is 4.60. The molecule has 0 bridgehead atoms. The van der Waals surface area contributed by atoms with Crippen LogP contribution < -0.4 is 5.32 Å². The number of thiazole rings is 1. The Morgan fingerprint density at radius 3 is 3.00 bits per heavy atom. The smallest absolute Gasteiger partial charge is 0.113 e. The van der Waals surface area contributed by atoms with Gasteiger partial charge in [-0.25, -0.2) is 4.98 Å². The van der Waals surface area contributed by atoms with Crippen LogP contribution in [-0.4, -0.2) is 11.5 Å². The maximum Gasteiger partial charge on any atom is 0.113 e. The van der Waals surface area contributed by atoms with Gasteiger partial charge in [0, 0.05) is 6.54 Å². The molecule has 74 valence electrons. The molecule has 0 aromatic carbocycles. The van der Waals surface area contributed by atoms with Crippen LogP contribution in [0.25, 0.3) is 0 Å². The maximum atomic E-state index is 5.75. The second kappa shape index (κ2) is 6.35. The molecule has 0 saturated carbocycles. The molecule has 2 nitrogen and oxygen atoms in total. The number of halogens is 1. The van der Waals surface area contributed by atoms with Crippen LogP contribution in [0.3, 0.4) is 0 Å². The summed E-state index contributed by atoms with van der Waals surface area (Å²) in [6.07, 6.45) is 5.52. The van der Waals surface area contributed by atoms with E-state index < -0.39 is 0 Å². The van der Waals surface area contributed by atoms with Crippen LogP contribution in [-0.2, 0) is 6.54 Å². The zero-order valence-electron chi connectivity index (χ0n) is 7.85. The summed E-state index contributed by atoms with van der Waals surface area (Å²) in [6.45, 7) is 4.13. The Bertz CT molecular complexity index is 237.